The molecule has 0 unspecified atom stereocenters. The summed E-state index contributed by atoms with van der Waals surface area (Å²) in [6.45, 7) is 3.61. The minimum atomic E-state index is 0.670. The molecule has 0 aliphatic rings. The van der Waals surface area contributed by atoms with Gasteiger partial charge in [0.05, 0.1) is 7.11 Å². The first-order chi connectivity index (χ1) is 4.16. The van der Waals surface area contributed by atoms with Crippen molar-refractivity contribution >= 4 is 0 Å². The molecule has 0 spiro atoms. The zero-order chi connectivity index (χ0) is 7.28. The first-order valence-electron chi connectivity index (χ1n) is 2.74. The number of methoxy groups -OCH3 is 1. The summed E-state index contributed by atoms with van der Waals surface area (Å²) >= 11 is 0. The van der Waals surface area contributed by atoms with Crippen LogP contribution in [0.5, 0.6) is 0 Å². The van der Waals surface area contributed by atoms with Gasteiger partial charge in [-0.15, -0.1) is 0 Å². The van der Waals surface area contributed by atoms with Crippen molar-refractivity contribution < 1.29 is 4.74 Å². The van der Waals surface area contributed by atoms with E-state index < -0.39 is 0 Å². The van der Waals surface area contributed by atoms with E-state index in [0.717, 1.165) is 0 Å². The van der Waals surface area contributed by atoms with Gasteiger partial charge in [-0.1, -0.05) is 6.58 Å². The van der Waals surface area contributed by atoms with E-state index in [-0.39, 0.29) is 0 Å². The molecule has 0 heterocycles. The summed E-state index contributed by atoms with van der Waals surface area (Å²) in [5.41, 5.74) is 0. The summed E-state index contributed by atoms with van der Waals surface area (Å²) in [4.78, 5) is 1.92. The Kier molecular flexibility index (Phi) is 3.60. The lowest BCUT2D eigenvalue weighted by Crippen LogP contribution is -2.00. The molecule has 0 fully saturated rings. The molecule has 0 amide bonds. The molecule has 0 saturated heterocycles. The van der Waals surface area contributed by atoms with Crippen molar-refractivity contribution in [1.82, 2.24) is 4.90 Å². The fourth-order valence-electron chi connectivity index (χ4n) is 0.300. The van der Waals surface area contributed by atoms with E-state index >= 15 is 0 Å². The van der Waals surface area contributed by atoms with E-state index in [0.29, 0.717) is 5.76 Å². The van der Waals surface area contributed by atoms with Gasteiger partial charge in [0.25, 0.3) is 0 Å². The Morgan fingerprint density at radius 1 is 1.56 bits per heavy atom. The zero-order valence-corrected chi connectivity index (χ0v) is 6.22. The quantitative estimate of drug-likeness (QED) is 0.417. The molecule has 2 nitrogen and oxygen atoms in total. The summed E-state index contributed by atoms with van der Waals surface area (Å²) in [5.74, 6) is 0.670. The summed E-state index contributed by atoms with van der Waals surface area (Å²) in [7, 11) is 5.49. The standard InChI is InChI=1S/C7H13NO/c1-7(9-4)5-6-8(2)3/h5-6H,1H2,2-4H3/b6-5+. The Bertz CT molecular complexity index is 116. The average molecular weight is 127 g/mol. The van der Waals surface area contributed by atoms with E-state index in [2.05, 4.69) is 6.58 Å². The molecule has 9 heavy (non-hydrogen) atoms. The van der Waals surface area contributed by atoms with Crippen molar-refractivity contribution in [2.45, 2.75) is 0 Å². The molecule has 0 N–H and O–H groups in total. The van der Waals surface area contributed by atoms with Crippen LogP contribution in [-0.2, 0) is 4.74 Å². The van der Waals surface area contributed by atoms with Gasteiger partial charge in [-0.25, -0.2) is 0 Å². The normalized spacial score (nSPS) is 9.67. The molecule has 52 valence electrons. The average Bonchev–Trinajstić information content (AvgIpc) is 1.83. The van der Waals surface area contributed by atoms with Crippen LogP contribution in [0.3, 0.4) is 0 Å². The summed E-state index contributed by atoms with van der Waals surface area (Å²) in [6, 6.07) is 0. The molecular weight excluding hydrogens is 114 g/mol. The first-order valence-corrected chi connectivity index (χ1v) is 2.74. The number of hydrogen-bond acceptors (Lipinski definition) is 2. The van der Waals surface area contributed by atoms with Crippen LogP contribution in [0.25, 0.3) is 0 Å². The van der Waals surface area contributed by atoms with Crippen molar-refractivity contribution in [1.29, 1.82) is 0 Å². The number of ether oxygens (including phenoxy) is 1. The molecule has 2 heteroatoms. The Labute approximate surface area is 56.4 Å². The lowest BCUT2D eigenvalue weighted by Gasteiger charge is -2.03. The van der Waals surface area contributed by atoms with Gasteiger partial charge in [0.2, 0.25) is 0 Å². The van der Waals surface area contributed by atoms with Crippen LogP contribution < -0.4 is 0 Å². The van der Waals surface area contributed by atoms with E-state index in [9.17, 15) is 0 Å². The van der Waals surface area contributed by atoms with Crippen molar-refractivity contribution in [2.24, 2.45) is 0 Å². The van der Waals surface area contributed by atoms with E-state index in [1.165, 1.54) is 0 Å². The van der Waals surface area contributed by atoms with Gasteiger partial charge in [-0.05, 0) is 6.08 Å². The molecule has 0 aromatic rings. The first kappa shape index (κ1) is 8.08. The second kappa shape index (κ2) is 4.01. The van der Waals surface area contributed by atoms with Gasteiger partial charge in [0, 0.05) is 20.3 Å². The Morgan fingerprint density at radius 3 is 2.44 bits per heavy atom. The zero-order valence-electron chi connectivity index (χ0n) is 6.22. The van der Waals surface area contributed by atoms with Crippen LogP contribution in [-0.4, -0.2) is 26.1 Å². The maximum absolute atomic E-state index is 4.79. The summed E-state index contributed by atoms with van der Waals surface area (Å²) < 4.78 is 4.79. The van der Waals surface area contributed by atoms with Gasteiger partial charge in [-0.2, -0.15) is 0 Å². The van der Waals surface area contributed by atoms with E-state index in [1.807, 2.05) is 25.2 Å². The van der Waals surface area contributed by atoms with Crippen LogP contribution in [0.2, 0.25) is 0 Å². The van der Waals surface area contributed by atoms with E-state index in [1.54, 1.807) is 13.2 Å². The minimum Gasteiger partial charge on any atom is -0.497 e. The van der Waals surface area contributed by atoms with Crippen LogP contribution in [0, 0.1) is 0 Å². The monoisotopic (exact) mass is 127 g/mol. The number of allylic oxidation sites excluding steroid dienone is 1. The molecule has 0 radical (unpaired) electrons. The third-order valence-electron chi connectivity index (χ3n) is 0.821. The largest absolute Gasteiger partial charge is 0.497 e. The molecular formula is C7H13NO. The van der Waals surface area contributed by atoms with Crippen LogP contribution in [0.4, 0.5) is 0 Å². The van der Waals surface area contributed by atoms with Crippen molar-refractivity contribution in [3.63, 3.8) is 0 Å². The molecule has 0 aromatic carbocycles. The second-order valence-electron chi connectivity index (χ2n) is 1.95. The molecule has 0 bridgehead atoms. The Hall–Kier alpha value is -0.920. The summed E-state index contributed by atoms with van der Waals surface area (Å²) in [6.07, 6.45) is 3.69. The fraction of sp³-hybridized carbons (Fsp3) is 0.429. The Morgan fingerprint density at radius 2 is 2.11 bits per heavy atom. The number of nitrogens with zero attached hydrogens (tertiary/aromatic N) is 1. The smallest absolute Gasteiger partial charge is 0.113 e. The highest BCUT2D eigenvalue weighted by molar-refractivity contribution is 5.05. The topological polar surface area (TPSA) is 12.5 Å². The van der Waals surface area contributed by atoms with Gasteiger partial charge in [-0.3, -0.25) is 0 Å². The van der Waals surface area contributed by atoms with Crippen molar-refractivity contribution in [2.75, 3.05) is 21.2 Å². The molecule has 0 atom stereocenters. The van der Waals surface area contributed by atoms with Crippen molar-refractivity contribution in [3.8, 4) is 0 Å². The van der Waals surface area contributed by atoms with Gasteiger partial charge in [0.15, 0.2) is 0 Å². The number of rotatable bonds is 3. The highest BCUT2D eigenvalue weighted by Gasteiger charge is 1.80. The van der Waals surface area contributed by atoms with Gasteiger partial charge in [0.1, 0.15) is 5.76 Å². The maximum Gasteiger partial charge on any atom is 0.113 e. The fourth-order valence-corrected chi connectivity index (χ4v) is 0.300. The van der Waals surface area contributed by atoms with Crippen LogP contribution >= 0.6 is 0 Å². The van der Waals surface area contributed by atoms with Crippen LogP contribution in [0.15, 0.2) is 24.6 Å². The minimum absolute atomic E-state index is 0.670. The molecule has 0 saturated carbocycles. The summed E-state index contributed by atoms with van der Waals surface area (Å²) in [5, 5.41) is 0. The lowest BCUT2D eigenvalue weighted by atomic mass is 10.5. The molecule has 0 aliphatic carbocycles. The second-order valence-corrected chi connectivity index (χ2v) is 1.95. The number of hydrogen-bond donors (Lipinski definition) is 0. The third-order valence-corrected chi connectivity index (χ3v) is 0.821. The van der Waals surface area contributed by atoms with Gasteiger partial charge >= 0.3 is 0 Å². The molecule has 0 aromatic heterocycles. The predicted octanol–water partition coefficient (Wildman–Crippen LogP) is 1.22. The third kappa shape index (κ3) is 4.94. The SMILES string of the molecule is C=C(/C=C/N(C)C)OC. The molecule has 0 rings (SSSR count). The van der Waals surface area contributed by atoms with Crippen LogP contribution in [0.1, 0.15) is 0 Å². The van der Waals surface area contributed by atoms with Gasteiger partial charge < -0.3 is 9.64 Å². The Balaban J connectivity index is 3.57. The van der Waals surface area contributed by atoms with E-state index in [4.69, 9.17) is 4.74 Å². The highest BCUT2D eigenvalue weighted by atomic mass is 16.5. The highest BCUT2D eigenvalue weighted by Crippen LogP contribution is 1.91. The lowest BCUT2D eigenvalue weighted by molar-refractivity contribution is 0.307. The predicted molar refractivity (Wildman–Crippen MR) is 39.0 cm³/mol. The maximum atomic E-state index is 4.79. The van der Waals surface area contributed by atoms with Crippen molar-refractivity contribution in [3.05, 3.63) is 24.6 Å². The molecule has 0 aliphatic heterocycles.